The molecule has 1 saturated heterocycles. The number of rotatable bonds is 6. The molecule has 0 aliphatic carbocycles. The van der Waals surface area contributed by atoms with Crippen LogP contribution in [0.25, 0.3) is 0 Å². The van der Waals surface area contributed by atoms with Gasteiger partial charge in [-0.05, 0) is 11.1 Å². The molecule has 1 fully saturated rings. The smallest absolute Gasteiger partial charge is 0.370 e. The molecule has 1 aliphatic heterocycles. The molecule has 2 aromatic rings. The maximum Gasteiger partial charge on any atom is 0.411 e. The zero-order valence-corrected chi connectivity index (χ0v) is 19.8. The molecule has 3 rings (SSSR count). The number of alkyl halides is 3. The minimum atomic E-state index is -4.32. The van der Waals surface area contributed by atoms with E-state index in [9.17, 15) is 13.2 Å². The minimum Gasteiger partial charge on any atom is -0.370 e. The normalized spacial score (nSPS) is 17.4. The van der Waals surface area contributed by atoms with E-state index in [1.165, 1.54) is 0 Å². The van der Waals surface area contributed by atoms with Gasteiger partial charge in [0.25, 0.3) is 0 Å². The van der Waals surface area contributed by atoms with Crippen LogP contribution >= 0.6 is 24.0 Å². The number of hydrogen-bond donors (Lipinski definition) is 1. The lowest BCUT2D eigenvalue weighted by molar-refractivity contribution is -0.176. The van der Waals surface area contributed by atoms with E-state index >= 15 is 0 Å². The van der Waals surface area contributed by atoms with Gasteiger partial charge in [-0.15, -0.1) is 24.0 Å². The predicted octanol–water partition coefficient (Wildman–Crippen LogP) is 3.27. The van der Waals surface area contributed by atoms with E-state index < -0.39 is 12.8 Å². The Balaban J connectivity index is 0.00000341. The van der Waals surface area contributed by atoms with Gasteiger partial charge in [0.2, 0.25) is 0 Å². The monoisotopic (exact) mass is 553 g/mol. The highest BCUT2D eigenvalue weighted by molar-refractivity contribution is 14.0. The summed E-state index contributed by atoms with van der Waals surface area (Å²) in [7, 11) is 3.59. The number of guanidine groups is 1. The Kier molecular flexibility index (Phi) is 9.56. The number of nitrogens with zero attached hydrogens (tertiary/aromatic N) is 4. The van der Waals surface area contributed by atoms with Gasteiger partial charge in [0.05, 0.1) is 26.0 Å². The Labute approximate surface area is 196 Å². The standard InChI is InChI=1S/C20H26F3N5O2.HI/c1-24-19(28-6-7-30-18(12-28)17-10-26-27(2)11-17)25-9-15-4-3-5-16(8-15)13-29-14-20(21,22)23;/h3-5,8,10-11,18H,6-7,9,12-14H2,1-2H3,(H,24,25);1H. The molecule has 1 aliphatic rings. The second kappa shape index (κ2) is 11.7. The summed E-state index contributed by atoms with van der Waals surface area (Å²) in [4.78, 5) is 6.49. The number of morpholine rings is 1. The fraction of sp³-hybridized carbons (Fsp3) is 0.500. The van der Waals surface area contributed by atoms with E-state index in [0.717, 1.165) is 17.1 Å². The number of aromatic nitrogens is 2. The third kappa shape index (κ3) is 7.96. The van der Waals surface area contributed by atoms with E-state index in [2.05, 4.69) is 20.3 Å². The molecule has 1 aromatic carbocycles. The van der Waals surface area contributed by atoms with Gasteiger partial charge in [-0.2, -0.15) is 18.3 Å². The lowest BCUT2D eigenvalue weighted by Gasteiger charge is -2.34. The van der Waals surface area contributed by atoms with Crippen LogP contribution in [-0.4, -0.2) is 60.2 Å². The quantitative estimate of drug-likeness (QED) is 0.338. The maximum absolute atomic E-state index is 12.2. The van der Waals surface area contributed by atoms with Gasteiger partial charge < -0.3 is 19.7 Å². The highest BCUT2D eigenvalue weighted by atomic mass is 127. The summed E-state index contributed by atoms with van der Waals surface area (Å²) >= 11 is 0. The number of halogens is 4. The van der Waals surface area contributed by atoms with Crippen molar-refractivity contribution in [1.82, 2.24) is 20.0 Å². The number of benzene rings is 1. The third-order valence-corrected chi connectivity index (χ3v) is 4.65. The summed E-state index contributed by atoms with van der Waals surface area (Å²) in [6.45, 7) is 1.09. The summed E-state index contributed by atoms with van der Waals surface area (Å²) in [5, 5.41) is 7.52. The topological polar surface area (TPSA) is 63.9 Å². The molecule has 0 spiro atoms. The Morgan fingerprint density at radius 3 is 2.81 bits per heavy atom. The Bertz CT molecular complexity index is 859. The van der Waals surface area contributed by atoms with Crippen LogP contribution in [0.15, 0.2) is 41.7 Å². The van der Waals surface area contributed by atoms with Crippen LogP contribution in [0, 0.1) is 0 Å². The maximum atomic E-state index is 12.2. The van der Waals surface area contributed by atoms with E-state index in [4.69, 9.17) is 9.47 Å². The summed E-state index contributed by atoms with van der Waals surface area (Å²) in [5.41, 5.74) is 2.64. The molecule has 1 unspecified atom stereocenters. The Morgan fingerprint density at radius 2 is 2.13 bits per heavy atom. The molecule has 1 aromatic heterocycles. The molecule has 172 valence electrons. The van der Waals surface area contributed by atoms with Crippen LogP contribution < -0.4 is 5.32 Å². The van der Waals surface area contributed by atoms with Crippen molar-refractivity contribution in [2.45, 2.75) is 25.4 Å². The summed E-state index contributed by atoms with van der Waals surface area (Å²) < 4.78 is 49.1. The molecule has 0 amide bonds. The van der Waals surface area contributed by atoms with Crippen molar-refractivity contribution < 1.29 is 22.6 Å². The van der Waals surface area contributed by atoms with Crippen molar-refractivity contribution in [2.24, 2.45) is 12.0 Å². The van der Waals surface area contributed by atoms with Crippen molar-refractivity contribution >= 4 is 29.9 Å². The lowest BCUT2D eigenvalue weighted by atomic mass is 10.1. The van der Waals surface area contributed by atoms with Gasteiger partial charge in [0.1, 0.15) is 12.7 Å². The molecule has 7 nitrogen and oxygen atoms in total. The molecule has 0 radical (unpaired) electrons. The van der Waals surface area contributed by atoms with Gasteiger partial charge >= 0.3 is 6.18 Å². The number of nitrogens with one attached hydrogen (secondary N) is 1. The highest BCUT2D eigenvalue weighted by Crippen LogP contribution is 2.21. The van der Waals surface area contributed by atoms with Gasteiger partial charge in [-0.1, -0.05) is 24.3 Å². The second-order valence-corrected chi connectivity index (χ2v) is 7.08. The lowest BCUT2D eigenvalue weighted by Crippen LogP contribution is -2.47. The molecule has 0 saturated carbocycles. The average Bonchev–Trinajstić information content (AvgIpc) is 3.14. The van der Waals surface area contributed by atoms with Gasteiger partial charge in [0.15, 0.2) is 5.96 Å². The van der Waals surface area contributed by atoms with Crippen molar-refractivity contribution in [3.05, 3.63) is 53.3 Å². The zero-order chi connectivity index (χ0) is 21.6. The van der Waals surface area contributed by atoms with E-state index in [0.29, 0.717) is 31.8 Å². The van der Waals surface area contributed by atoms with E-state index in [-0.39, 0.29) is 36.7 Å². The molecule has 0 bridgehead atoms. The van der Waals surface area contributed by atoms with Crippen LogP contribution in [0.2, 0.25) is 0 Å². The van der Waals surface area contributed by atoms with E-state index in [1.807, 2.05) is 25.4 Å². The number of aryl methyl sites for hydroxylation is 1. The third-order valence-electron chi connectivity index (χ3n) is 4.65. The Hall–Kier alpha value is -1.86. The Morgan fingerprint density at radius 1 is 1.35 bits per heavy atom. The van der Waals surface area contributed by atoms with Crippen molar-refractivity contribution in [2.75, 3.05) is 33.4 Å². The molecule has 1 atom stereocenters. The van der Waals surface area contributed by atoms with Crippen LogP contribution in [0.1, 0.15) is 22.8 Å². The van der Waals surface area contributed by atoms with Crippen molar-refractivity contribution in [1.29, 1.82) is 0 Å². The first-order chi connectivity index (χ1) is 14.3. The molecule has 11 heteroatoms. The number of ether oxygens (including phenoxy) is 2. The largest absolute Gasteiger partial charge is 0.411 e. The fourth-order valence-corrected chi connectivity index (χ4v) is 3.28. The molecular formula is C20H27F3IN5O2. The van der Waals surface area contributed by atoms with Crippen molar-refractivity contribution in [3.8, 4) is 0 Å². The van der Waals surface area contributed by atoms with Crippen LogP contribution in [0.3, 0.4) is 0 Å². The SMILES string of the molecule is CN=C(NCc1cccc(COCC(F)(F)F)c1)N1CCOC(c2cnn(C)c2)C1.I. The first-order valence-electron chi connectivity index (χ1n) is 9.62. The number of aliphatic imine (C=N–C) groups is 1. The summed E-state index contributed by atoms with van der Waals surface area (Å²) in [6.07, 6.45) is -0.662. The molecule has 31 heavy (non-hydrogen) atoms. The predicted molar refractivity (Wildman–Crippen MR) is 121 cm³/mol. The summed E-state index contributed by atoms with van der Waals surface area (Å²) in [5.74, 6) is 0.742. The zero-order valence-electron chi connectivity index (χ0n) is 17.4. The molecule has 2 heterocycles. The van der Waals surface area contributed by atoms with Gasteiger partial charge in [-0.25, -0.2) is 0 Å². The first-order valence-corrected chi connectivity index (χ1v) is 9.62. The highest BCUT2D eigenvalue weighted by Gasteiger charge is 2.27. The van der Waals surface area contributed by atoms with Crippen LogP contribution in [0.4, 0.5) is 13.2 Å². The average molecular weight is 553 g/mol. The van der Waals surface area contributed by atoms with Crippen LogP contribution in [-0.2, 0) is 29.7 Å². The summed E-state index contributed by atoms with van der Waals surface area (Å²) in [6, 6.07) is 7.29. The fourth-order valence-electron chi connectivity index (χ4n) is 3.28. The number of hydrogen-bond acceptors (Lipinski definition) is 4. The first kappa shape index (κ1) is 25.4. The second-order valence-electron chi connectivity index (χ2n) is 7.08. The van der Waals surface area contributed by atoms with E-state index in [1.54, 1.807) is 30.1 Å². The van der Waals surface area contributed by atoms with Gasteiger partial charge in [-0.3, -0.25) is 9.67 Å². The van der Waals surface area contributed by atoms with Crippen molar-refractivity contribution in [3.63, 3.8) is 0 Å². The van der Waals surface area contributed by atoms with Gasteiger partial charge in [0, 0.05) is 38.9 Å². The molecule has 1 N–H and O–H groups in total. The van der Waals surface area contributed by atoms with Crippen LogP contribution in [0.5, 0.6) is 0 Å². The minimum absolute atomic E-state index is 0. The molecular weight excluding hydrogens is 526 g/mol.